The molecule has 0 bridgehead atoms. The molecule has 0 atom stereocenters. The Morgan fingerprint density at radius 1 is 1.16 bits per heavy atom. The highest BCUT2D eigenvalue weighted by Crippen LogP contribution is 2.13. The van der Waals surface area contributed by atoms with E-state index in [1.807, 2.05) is 36.5 Å². The van der Waals surface area contributed by atoms with Gasteiger partial charge < -0.3 is 10.5 Å². The summed E-state index contributed by atoms with van der Waals surface area (Å²) in [5.74, 6) is 0.600. The summed E-state index contributed by atoms with van der Waals surface area (Å²) in [7, 11) is 0. The maximum absolute atomic E-state index is 5.88. The summed E-state index contributed by atoms with van der Waals surface area (Å²) in [5, 5.41) is 4.08. The van der Waals surface area contributed by atoms with Gasteiger partial charge in [0.15, 0.2) is 5.65 Å². The topological polar surface area (TPSA) is 65.4 Å². The molecule has 0 aliphatic heterocycles. The number of para-hydroxylation sites is 1. The zero-order chi connectivity index (χ0) is 13.1. The molecule has 0 amide bonds. The number of nitrogen functional groups attached to an aromatic ring is 1. The minimum atomic E-state index is 0.547. The number of rotatable bonds is 4. The van der Waals surface area contributed by atoms with Crippen molar-refractivity contribution in [3.05, 3.63) is 54.4 Å². The Morgan fingerprint density at radius 2 is 2.05 bits per heavy atom. The van der Waals surface area contributed by atoms with Gasteiger partial charge in [-0.05, 0) is 11.6 Å². The lowest BCUT2D eigenvalue weighted by Crippen LogP contribution is -2.05. The highest BCUT2D eigenvalue weighted by Gasteiger charge is 2.01. The molecular formula is C14H14N4O. The Bertz CT molecular complexity index is 692. The van der Waals surface area contributed by atoms with E-state index in [2.05, 4.69) is 10.1 Å². The van der Waals surface area contributed by atoms with Crippen molar-refractivity contribution in [2.24, 2.45) is 0 Å². The van der Waals surface area contributed by atoms with Crippen LogP contribution in [0.4, 0.5) is 5.69 Å². The van der Waals surface area contributed by atoms with Gasteiger partial charge in [-0.15, -0.1) is 0 Å². The number of benzene rings is 1. The number of nitrogens with two attached hydrogens (primary N) is 1. The van der Waals surface area contributed by atoms with Crippen molar-refractivity contribution in [3.63, 3.8) is 0 Å². The SMILES string of the molecule is Nc1ccccc1CCOc1ccn2nccc2n1. The van der Waals surface area contributed by atoms with Gasteiger partial charge in [0.1, 0.15) is 0 Å². The predicted octanol–water partition coefficient (Wildman–Crippen LogP) is 1.93. The van der Waals surface area contributed by atoms with Crippen molar-refractivity contribution in [2.75, 3.05) is 12.3 Å². The number of ether oxygens (including phenoxy) is 1. The first-order valence-corrected chi connectivity index (χ1v) is 6.09. The fraction of sp³-hybridized carbons (Fsp3) is 0.143. The average molecular weight is 254 g/mol. The van der Waals surface area contributed by atoms with Gasteiger partial charge in [-0.1, -0.05) is 18.2 Å². The number of anilines is 1. The zero-order valence-electron chi connectivity index (χ0n) is 10.4. The summed E-state index contributed by atoms with van der Waals surface area (Å²) in [4.78, 5) is 4.34. The number of hydrogen-bond donors (Lipinski definition) is 1. The minimum absolute atomic E-state index is 0.547. The molecule has 0 fully saturated rings. The van der Waals surface area contributed by atoms with Gasteiger partial charge in [-0.3, -0.25) is 0 Å². The monoisotopic (exact) mass is 254 g/mol. The molecule has 2 aromatic heterocycles. The van der Waals surface area contributed by atoms with Crippen molar-refractivity contribution in [1.82, 2.24) is 14.6 Å². The largest absolute Gasteiger partial charge is 0.477 e. The molecule has 3 rings (SSSR count). The quantitative estimate of drug-likeness (QED) is 0.722. The molecule has 5 nitrogen and oxygen atoms in total. The van der Waals surface area contributed by atoms with Gasteiger partial charge >= 0.3 is 0 Å². The van der Waals surface area contributed by atoms with Crippen molar-refractivity contribution in [2.45, 2.75) is 6.42 Å². The van der Waals surface area contributed by atoms with E-state index in [1.165, 1.54) is 0 Å². The van der Waals surface area contributed by atoms with Crippen LogP contribution in [0.15, 0.2) is 48.8 Å². The normalized spacial score (nSPS) is 10.7. The summed E-state index contributed by atoms with van der Waals surface area (Å²) in [5.41, 5.74) is 8.54. The lowest BCUT2D eigenvalue weighted by atomic mass is 10.1. The summed E-state index contributed by atoms with van der Waals surface area (Å²) in [6.07, 6.45) is 4.30. The third-order valence-corrected chi connectivity index (χ3v) is 2.91. The highest BCUT2D eigenvalue weighted by molar-refractivity contribution is 5.46. The number of hydrogen-bond acceptors (Lipinski definition) is 4. The van der Waals surface area contributed by atoms with E-state index in [1.54, 1.807) is 16.8 Å². The van der Waals surface area contributed by atoms with Gasteiger partial charge in [0.2, 0.25) is 5.88 Å². The van der Waals surface area contributed by atoms with E-state index >= 15 is 0 Å². The van der Waals surface area contributed by atoms with Crippen LogP contribution < -0.4 is 10.5 Å². The van der Waals surface area contributed by atoms with E-state index in [0.717, 1.165) is 23.3 Å². The van der Waals surface area contributed by atoms with Crippen LogP contribution in [0.3, 0.4) is 0 Å². The standard InChI is InChI=1S/C14H14N4O/c15-12-4-2-1-3-11(12)7-10-19-14-6-9-18-13(17-14)5-8-16-18/h1-6,8-9H,7,10,15H2. The second-order valence-electron chi connectivity index (χ2n) is 4.20. The lowest BCUT2D eigenvalue weighted by Gasteiger charge is -2.07. The number of fused-ring (bicyclic) bond motifs is 1. The second kappa shape index (κ2) is 4.97. The predicted molar refractivity (Wildman–Crippen MR) is 73.0 cm³/mol. The molecule has 1 aromatic carbocycles. The van der Waals surface area contributed by atoms with E-state index < -0.39 is 0 Å². The molecule has 3 aromatic rings. The molecule has 0 aliphatic carbocycles. The van der Waals surface area contributed by atoms with Crippen LogP contribution in [0.25, 0.3) is 5.65 Å². The molecule has 19 heavy (non-hydrogen) atoms. The fourth-order valence-electron chi connectivity index (χ4n) is 1.90. The van der Waals surface area contributed by atoms with Crippen molar-refractivity contribution < 1.29 is 4.74 Å². The van der Waals surface area contributed by atoms with Crippen LogP contribution in [0, 0.1) is 0 Å². The van der Waals surface area contributed by atoms with Crippen LogP contribution in [0.1, 0.15) is 5.56 Å². The van der Waals surface area contributed by atoms with Crippen molar-refractivity contribution in [3.8, 4) is 5.88 Å². The molecule has 0 saturated carbocycles. The van der Waals surface area contributed by atoms with Crippen molar-refractivity contribution >= 4 is 11.3 Å². The summed E-state index contributed by atoms with van der Waals surface area (Å²) in [6, 6.07) is 11.4. The van der Waals surface area contributed by atoms with Gasteiger partial charge in [0.05, 0.1) is 12.8 Å². The first-order valence-electron chi connectivity index (χ1n) is 6.09. The lowest BCUT2D eigenvalue weighted by molar-refractivity contribution is 0.310. The number of aromatic nitrogens is 3. The maximum atomic E-state index is 5.88. The van der Waals surface area contributed by atoms with Crippen LogP contribution in [0.2, 0.25) is 0 Å². The third-order valence-electron chi connectivity index (χ3n) is 2.91. The molecule has 0 unspecified atom stereocenters. The molecular weight excluding hydrogens is 240 g/mol. The zero-order valence-corrected chi connectivity index (χ0v) is 10.4. The molecule has 0 saturated heterocycles. The van der Waals surface area contributed by atoms with Gasteiger partial charge in [0.25, 0.3) is 0 Å². The highest BCUT2D eigenvalue weighted by atomic mass is 16.5. The summed E-state index contributed by atoms with van der Waals surface area (Å²) < 4.78 is 7.33. The molecule has 2 heterocycles. The van der Waals surface area contributed by atoms with E-state index in [-0.39, 0.29) is 0 Å². The average Bonchev–Trinajstić information content (AvgIpc) is 2.88. The Hall–Kier alpha value is -2.56. The number of nitrogens with zero attached hydrogens (tertiary/aromatic N) is 3. The Kier molecular flexibility index (Phi) is 3.02. The van der Waals surface area contributed by atoms with Crippen LogP contribution in [-0.2, 0) is 6.42 Å². The fourth-order valence-corrected chi connectivity index (χ4v) is 1.90. The second-order valence-corrected chi connectivity index (χ2v) is 4.20. The molecule has 0 spiro atoms. The third kappa shape index (κ3) is 2.49. The first-order chi connectivity index (χ1) is 9.33. The van der Waals surface area contributed by atoms with Crippen molar-refractivity contribution in [1.29, 1.82) is 0 Å². The molecule has 2 N–H and O–H groups in total. The Labute approximate surface area is 110 Å². The Morgan fingerprint density at radius 3 is 2.95 bits per heavy atom. The maximum Gasteiger partial charge on any atom is 0.216 e. The van der Waals surface area contributed by atoms with Crippen LogP contribution in [0.5, 0.6) is 5.88 Å². The van der Waals surface area contributed by atoms with E-state index in [0.29, 0.717) is 12.5 Å². The van der Waals surface area contributed by atoms with Crippen LogP contribution >= 0.6 is 0 Å². The summed E-state index contributed by atoms with van der Waals surface area (Å²) in [6.45, 7) is 0.547. The molecule has 0 radical (unpaired) electrons. The Balaban J connectivity index is 1.64. The van der Waals surface area contributed by atoms with E-state index in [4.69, 9.17) is 10.5 Å². The van der Waals surface area contributed by atoms with Gasteiger partial charge in [-0.25, -0.2) is 4.52 Å². The van der Waals surface area contributed by atoms with E-state index in [9.17, 15) is 0 Å². The van der Waals surface area contributed by atoms with Gasteiger partial charge in [0, 0.05) is 30.4 Å². The minimum Gasteiger partial charge on any atom is -0.477 e. The molecule has 5 heteroatoms. The molecule has 96 valence electrons. The first kappa shape index (κ1) is 11.5. The summed E-state index contributed by atoms with van der Waals surface area (Å²) >= 11 is 0. The van der Waals surface area contributed by atoms with Crippen LogP contribution in [-0.4, -0.2) is 21.2 Å². The molecule has 0 aliphatic rings. The smallest absolute Gasteiger partial charge is 0.216 e. The van der Waals surface area contributed by atoms with Gasteiger partial charge in [-0.2, -0.15) is 10.1 Å².